The Bertz CT molecular complexity index is 806. The van der Waals surface area contributed by atoms with Gasteiger partial charge in [-0.25, -0.2) is 4.99 Å². The van der Waals surface area contributed by atoms with Crippen molar-refractivity contribution in [3.8, 4) is 0 Å². The first-order chi connectivity index (χ1) is 13.2. The molecule has 0 bridgehead atoms. The number of rotatable bonds is 4. The number of hydrogen-bond acceptors (Lipinski definition) is 2. The van der Waals surface area contributed by atoms with Gasteiger partial charge in [-0.1, -0.05) is 48.5 Å². The summed E-state index contributed by atoms with van der Waals surface area (Å²) in [5.74, 6) is 0.794. The second kappa shape index (κ2) is 7.82. The van der Waals surface area contributed by atoms with Gasteiger partial charge in [-0.05, 0) is 37.0 Å². The average Bonchev–Trinajstić information content (AvgIpc) is 3.31. The number of nitrogens with zero attached hydrogens (tertiary/aromatic N) is 3. The number of benzene rings is 2. The van der Waals surface area contributed by atoms with Gasteiger partial charge in [0.15, 0.2) is 5.96 Å². The lowest BCUT2D eigenvalue weighted by atomic mass is 9.96. The highest BCUT2D eigenvalue weighted by atomic mass is 16.2. The van der Waals surface area contributed by atoms with E-state index in [4.69, 9.17) is 5.73 Å². The van der Waals surface area contributed by atoms with E-state index in [0.29, 0.717) is 12.5 Å². The molecule has 2 aromatic rings. The van der Waals surface area contributed by atoms with Gasteiger partial charge >= 0.3 is 0 Å². The molecule has 2 unspecified atom stereocenters. The number of hydrogen-bond donors (Lipinski definition) is 1. The van der Waals surface area contributed by atoms with Gasteiger partial charge < -0.3 is 15.5 Å². The second-order valence-corrected chi connectivity index (χ2v) is 7.35. The van der Waals surface area contributed by atoms with Gasteiger partial charge in [0, 0.05) is 25.7 Å². The lowest BCUT2D eigenvalue weighted by Crippen LogP contribution is -2.46. The van der Waals surface area contributed by atoms with Crippen molar-refractivity contribution >= 4 is 17.6 Å². The highest BCUT2D eigenvalue weighted by molar-refractivity contribution is 5.85. The molecule has 0 aliphatic carbocycles. The molecule has 1 amide bonds. The molecule has 2 heterocycles. The first-order valence-corrected chi connectivity index (χ1v) is 9.71. The molecular weight excluding hydrogens is 336 g/mol. The smallest absolute Gasteiger partial charge is 0.228 e. The van der Waals surface area contributed by atoms with E-state index in [0.717, 1.165) is 38.0 Å². The molecule has 2 aliphatic rings. The SMILES string of the molecule is NC(=Nc1ccccc1)N1CCCC1C1CCN(Cc2ccccc2)C1=O. The third kappa shape index (κ3) is 3.82. The van der Waals surface area contributed by atoms with Gasteiger partial charge in [0.25, 0.3) is 0 Å². The molecule has 2 aromatic carbocycles. The van der Waals surface area contributed by atoms with Crippen molar-refractivity contribution in [1.82, 2.24) is 9.80 Å². The van der Waals surface area contributed by atoms with Crippen molar-refractivity contribution < 1.29 is 4.79 Å². The van der Waals surface area contributed by atoms with Crippen molar-refractivity contribution in [2.24, 2.45) is 16.6 Å². The van der Waals surface area contributed by atoms with Crippen molar-refractivity contribution in [2.75, 3.05) is 13.1 Å². The third-order valence-corrected chi connectivity index (χ3v) is 5.61. The first kappa shape index (κ1) is 17.6. The van der Waals surface area contributed by atoms with Crippen molar-refractivity contribution in [2.45, 2.75) is 31.8 Å². The Morgan fingerprint density at radius 1 is 1.00 bits per heavy atom. The Hall–Kier alpha value is -2.82. The normalized spacial score (nSPS) is 23.3. The molecular formula is C22H26N4O. The van der Waals surface area contributed by atoms with E-state index in [1.807, 2.05) is 53.4 Å². The summed E-state index contributed by atoms with van der Waals surface area (Å²) in [7, 11) is 0. The maximum atomic E-state index is 13.0. The van der Waals surface area contributed by atoms with E-state index in [-0.39, 0.29) is 17.9 Å². The highest BCUT2D eigenvalue weighted by Gasteiger charge is 2.42. The quantitative estimate of drug-likeness (QED) is 0.671. The minimum absolute atomic E-state index is 0.0146. The summed E-state index contributed by atoms with van der Waals surface area (Å²) in [4.78, 5) is 21.7. The Morgan fingerprint density at radius 2 is 1.70 bits per heavy atom. The highest BCUT2D eigenvalue weighted by Crippen LogP contribution is 2.32. The number of guanidine groups is 1. The van der Waals surface area contributed by atoms with Crippen molar-refractivity contribution in [3.63, 3.8) is 0 Å². The predicted octanol–water partition coefficient (Wildman–Crippen LogP) is 3.15. The van der Waals surface area contributed by atoms with Gasteiger partial charge in [-0.2, -0.15) is 0 Å². The standard InChI is InChI=1S/C22H26N4O/c23-22(24-18-10-5-2-6-11-18)26-14-7-12-20(26)19-13-15-25(21(19)27)16-17-8-3-1-4-9-17/h1-6,8-11,19-20H,7,12-16H2,(H2,23,24). The zero-order valence-corrected chi connectivity index (χ0v) is 15.5. The van der Waals surface area contributed by atoms with Crippen LogP contribution in [-0.4, -0.2) is 40.8 Å². The van der Waals surface area contributed by atoms with Gasteiger partial charge in [0.2, 0.25) is 5.91 Å². The van der Waals surface area contributed by atoms with Crippen LogP contribution in [0.1, 0.15) is 24.8 Å². The number of carbonyl (C=O) groups is 1. The van der Waals surface area contributed by atoms with Crippen LogP contribution in [-0.2, 0) is 11.3 Å². The number of likely N-dealkylation sites (tertiary alicyclic amines) is 2. The summed E-state index contributed by atoms with van der Waals surface area (Å²) < 4.78 is 0. The molecule has 4 rings (SSSR count). The molecule has 0 radical (unpaired) electrons. The van der Waals surface area contributed by atoms with Gasteiger partial charge in [-0.3, -0.25) is 4.79 Å². The van der Waals surface area contributed by atoms with E-state index >= 15 is 0 Å². The summed E-state index contributed by atoms with van der Waals surface area (Å²) in [6.45, 7) is 2.38. The van der Waals surface area contributed by atoms with Crippen LogP contribution in [0.15, 0.2) is 65.7 Å². The third-order valence-electron chi connectivity index (χ3n) is 5.61. The minimum Gasteiger partial charge on any atom is -0.369 e. The Morgan fingerprint density at radius 3 is 2.44 bits per heavy atom. The molecule has 2 aliphatic heterocycles. The van der Waals surface area contributed by atoms with E-state index in [9.17, 15) is 4.79 Å². The van der Waals surface area contributed by atoms with Gasteiger partial charge in [-0.15, -0.1) is 0 Å². The summed E-state index contributed by atoms with van der Waals surface area (Å²) >= 11 is 0. The largest absolute Gasteiger partial charge is 0.369 e. The number of nitrogens with two attached hydrogens (primary N) is 1. The van der Waals surface area contributed by atoms with Crippen LogP contribution < -0.4 is 5.73 Å². The lowest BCUT2D eigenvalue weighted by Gasteiger charge is -2.29. The molecule has 5 heteroatoms. The molecule has 2 saturated heterocycles. The summed E-state index contributed by atoms with van der Waals surface area (Å²) in [5, 5.41) is 0. The second-order valence-electron chi connectivity index (χ2n) is 7.35. The van der Waals surface area contributed by atoms with Crippen LogP contribution in [0.3, 0.4) is 0 Å². The maximum Gasteiger partial charge on any atom is 0.228 e. The zero-order valence-electron chi connectivity index (χ0n) is 15.5. The fourth-order valence-corrected chi connectivity index (χ4v) is 4.28. The number of aliphatic imine (C=N–C) groups is 1. The first-order valence-electron chi connectivity index (χ1n) is 9.71. The van der Waals surface area contributed by atoms with Crippen LogP contribution in [0.25, 0.3) is 0 Å². The van der Waals surface area contributed by atoms with Crippen LogP contribution in [0.5, 0.6) is 0 Å². The molecule has 5 nitrogen and oxygen atoms in total. The van der Waals surface area contributed by atoms with Gasteiger partial charge in [0.1, 0.15) is 0 Å². The average molecular weight is 362 g/mol. The van der Waals surface area contributed by atoms with E-state index in [1.54, 1.807) is 0 Å². The Balaban J connectivity index is 1.46. The molecule has 2 fully saturated rings. The molecule has 27 heavy (non-hydrogen) atoms. The fourth-order valence-electron chi connectivity index (χ4n) is 4.28. The summed E-state index contributed by atoms with van der Waals surface area (Å²) in [6, 6.07) is 20.1. The molecule has 2 N–H and O–H groups in total. The van der Waals surface area contributed by atoms with Crippen LogP contribution in [0, 0.1) is 5.92 Å². The van der Waals surface area contributed by atoms with Gasteiger partial charge in [0.05, 0.1) is 11.6 Å². The Kier molecular flexibility index (Phi) is 5.10. The number of carbonyl (C=O) groups excluding carboxylic acids is 1. The van der Waals surface area contributed by atoms with E-state index < -0.39 is 0 Å². The molecule has 0 aromatic heterocycles. The maximum absolute atomic E-state index is 13.0. The monoisotopic (exact) mass is 362 g/mol. The zero-order chi connectivity index (χ0) is 18.6. The fraction of sp³-hybridized carbons (Fsp3) is 0.364. The predicted molar refractivity (Wildman–Crippen MR) is 107 cm³/mol. The number of amides is 1. The molecule has 2 atom stereocenters. The Labute approximate surface area is 160 Å². The summed E-state index contributed by atoms with van der Waals surface area (Å²) in [6.07, 6.45) is 2.95. The van der Waals surface area contributed by atoms with E-state index in [2.05, 4.69) is 22.0 Å². The minimum atomic E-state index is 0.0146. The van der Waals surface area contributed by atoms with E-state index in [1.165, 1.54) is 5.56 Å². The number of para-hydroxylation sites is 1. The molecule has 0 spiro atoms. The van der Waals surface area contributed by atoms with Crippen molar-refractivity contribution in [1.29, 1.82) is 0 Å². The van der Waals surface area contributed by atoms with Crippen LogP contribution >= 0.6 is 0 Å². The van der Waals surface area contributed by atoms with Crippen LogP contribution in [0.4, 0.5) is 5.69 Å². The van der Waals surface area contributed by atoms with Crippen molar-refractivity contribution in [3.05, 3.63) is 66.2 Å². The molecule has 140 valence electrons. The lowest BCUT2D eigenvalue weighted by molar-refractivity contribution is -0.132. The molecule has 0 saturated carbocycles. The van der Waals surface area contributed by atoms with Crippen LogP contribution in [0.2, 0.25) is 0 Å². The topological polar surface area (TPSA) is 61.9 Å². The summed E-state index contributed by atoms with van der Waals surface area (Å²) in [5.41, 5.74) is 8.36.